The third-order valence-electron chi connectivity index (χ3n) is 2.18. The van der Waals surface area contributed by atoms with Crippen molar-refractivity contribution in [3.05, 3.63) is 12.2 Å². The van der Waals surface area contributed by atoms with E-state index in [1.165, 1.54) is 6.33 Å². The maximum atomic E-state index is 11.1. The molecule has 6 heteroatoms. The molecule has 1 aromatic heterocycles. The molecule has 0 spiro atoms. The van der Waals surface area contributed by atoms with Crippen molar-refractivity contribution >= 4 is 11.7 Å². The Hall–Kier alpha value is -1.72. The first-order valence-electron chi connectivity index (χ1n) is 4.35. The van der Waals surface area contributed by atoms with Crippen LogP contribution in [-0.4, -0.2) is 33.5 Å². The van der Waals surface area contributed by atoms with E-state index in [-0.39, 0.29) is 11.9 Å². The van der Waals surface area contributed by atoms with Gasteiger partial charge in [0.25, 0.3) is 0 Å². The molecule has 1 fully saturated rings. The first-order valence-corrected chi connectivity index (χ1v) is 4.35. The molecule has 74 valence electrons. The molecule has 6 nitrogen and oxygen atoms in total. The molecule has 1 aliphatic heterocycles. The fourth-order valence-electron chi connectivity index (χ4n) is 1.43. The van der Waals surface area contributed by atoms with Crippen molar-refractivity contribution < 1.29 is 9.53 Å². The molecule has 1 aromatic rings. The normalized spacial score (nSPS) is 20.9. The van der Waals surface area contributed by atoms with Gasteiger partial charge in [-0.05, 0) is 0 Å². The van der Waals surface area contributed by atoms with E-state index in [2.05, 4.69) is 15.2 Å². The van der Waals surface area contributed by atoms with Crippen LogP contribution >= 0.6 is 0 Å². The molecule has 0 aromatic carbocycles. The Morgan fingerprint density at radius 2 is 2.64 bits per heavy atom. The van der Waals surface area contributed by atoms with Gasteiger partial charge in [0.2, 0.25) is 0 Å². The van der Waals surface area contributed by atoms with E-state index in [0.29, 0.717) is 31.0 Å². The molecule has 0 bridgehead atoms. The lowest BCUT2D eigenvalue weighted by Crippen LogP contribution is -2.21. The Morgan fingerprint density at radius 1 is 1.79 bits per heavy atom. The minimum absolute atomic E-state index is 0.297. The zero-order valence-corrected chi connectivity index (χ0v) is 7.49. The number of H-pyrrole nitrogens is 1. The number of rotatable bonds is 3. The van der Waals surface area contributed by atoms with Crippen molar-refractivity contribution in [1.29, 1.82) is 5.41 Å². The summed E-state index contributed by atoms with van der Waals surface area (Å²) < 4.78 is 4.78. The van der Waals surface area contributed by atoms with Gasteiger partial charge >= 0.3 is 5.97 Å². The molecule has 0 amide bonds. The Morgan fingerprint density at radius 3 is 3.21 bits per heavy atom. The highest BCUT2D eigenvalue weighted by Gasteiger charge is 2.30. The van der Waals surface area contributed by atoms with Crippen LogP contribution < -0.4 is 0 Å². The minimum atomic E-state index is -0.389. The number of nitrogens with zero attached hydrogens (tertiary/aromatic N) is 2. The second kappa shape index (κ2) is 3.57. The Kier molecular flexibility index (Phi) is 2.26. The van der Waals surface area contributed by atoms with Crippen molar-refractivity contribution in [2.75, 3.05) is 6.61 Å². The number of hydrogen-bond donors (Lipinski definition) is 2. The van der Waals surface area contributed by atoms with Gasteiger partial charge in [-0.2, -0.15) is 5.10 Å². The predicted octanol–water partition coefficient (Wildman–Crippen LogP) is -0.0699. The number of hydrogen-bond acceptors (Lipinski definition) is 5. The third kappa shape index (κ3) is 1.63. The lowest BCUT2D eigenvalue weighted by molar-refractivity contribution is -0.139. The topological polar surface area (TPSA) is 91.7 Å². The summed E-state index contributed by atoms with van der Waals surface area (Å²) in [6.45, 7) is 0.419. The van der Waals surface area contributed by atoms with E-state index >= 15 is 0 Å². The number of aromatic nitrogens is 3. The molecule has 2 rings (SSSR count). The van der Waals surface area contributed by atoms with E-state index in [0.717, 1.165) is 0 Å². The van der Waals surface area contributed by atoms with Crippen LogP contribution in [0.4, 0.5) is 0 Å². The summed E-state index contributed by atoms with van der Waals surface area (Å²) in [6.07, 6.45) is 2.32. The van der Waals surface area contributed by atoms with E-state index < -0.39 is 0 Å². The Balaban J connectivity index is 1.99. The standard InChI is InChI=1S/C8H10N4O2/c9-6(3-7-10-4-11-12-7)5-1-2-14-8(5)13/h4-5,9H,1-3H2,(H,10,11,12). The largest absolute Gasteiger partial charge is 0.465 e. The van der Waals surface area contributed by atoms with Crippen molar-refractivity contribution in [3.63, 3.8) is 0 Å². The smallest absolute Gasteiger partial charge is 0.314 e. The zero-order chi connectivity index (χ0) is 9.97. The average molecular weight is 194 g/mol. The first-order chi connectivity index (χ1) is 6.77. The molecule has 1 atom stereocenters. The number of esters is 1. The van der Waals surface area contributed by atoms with E-state index in [1.54, 1.807) is 0 Å². The fourth-order valence-corrected chi connectivity index (χ4v) is 1.43. The van der Waals surface area contributed by atoms with E-state index in [4.69, 9.17) is 10.1 Å². The van der Waals surface area contributed by atoms with Gasteiger partial charge in [-0.15, -0.1) is 0 Å². The SMILES string of the molecule is N=C(Cc1ncn[nH]1)C1CCOC1=O. The molecular formula is C8H10N4O2. The molecule has 1 aliphatic rings. The lowest BCUT2D eigenvalue weighted by atomic mass is 9.99. The predicted molar refractivity (Wildman–Crippen MR) is 46.9 cm³/mol. The quantitative estimate of drug-likeness (QED) is 0.520. The number of nitrogens with one attached hydrogen (secondary N) is 2. The highest BCUT2D eigenvalue weighted by Crippen LogP contribution is 2.16. The number of cyclic esters (lactones) is 1. The van der Waals surface area contributed by atoms with Crippen LogP contribution in [0.5, 0.6) is 0 Å². The number of carbonyl (C=O) groups excluding carboxylic acids is 1. The van der Waals surface area contributed by atoms with Gasteiger partial charge < -0.3 is 10.1 Å². The lowest BCUT2D eigenvalue weighted by Gasteiger charge is -2.04. The van der Waals surface area contributed by atoms with Crippen molar-refractivity contribution in [1.82, 2.24) is 15.2 Å². The van der Waals surface area contributed by atoms with Gasteiger partial charge in [-0.25, -0.2) is 4.98 Å². The van der Waals surface area contributed by atoms with Crippen LogP contribution in [0.25, 0.3) is 0 Å². The summed E-state index contributed by atoms with van der Waals surface area (Å²) in [4.78, 5) is 15.0. The fraction of sp³-hybridized carbons (Fsp3) is 0.500. The second-order valence-corrected chi connectivity index (χ2v) is 3.14. The highest BCUT2D eigenvalue weighted by molar-refractivity contribution is 6.02. The monoisotopic (exact) mass is 194 g/mol. The van der Waals surface area contributed by atoms with Crippen LogP contribution in [0.1, 0.15) is 12.2 Å². The van der Waals surface area contributed by atoms with Gasteiger partial charge in [-0.1, -0.05) is 0 Å². The molecule has 0 radical (unpaired) electrons. The summed E-state index contributed by atoms with van der Waals surface area (Å²) >= 11 is 0. The van der Waals surface area contributed by atoms with Crippen LogP contribution in [-0.2, 0) is 16.0 Å². The van der Waals surface area contributed by atoms with Crippen LogP contribution in [0.15, 0.2) is 6.33 Å². The molecule has 2 heterocycles. The first kappa shape index (κ1) is 8.86. The van der Waals surface area contributed by atoms with Crippen molar-refractivity contribution in [2.24, 2.45) is 5.92 Å². The van der Waals surface area contributed by atoms with Crippen LogP contribution in [0, 0.1) is 11.3 Å². The second-order valence-electron chi connectivity index (χ2n) is 3.14. The van der Waals surface area contributed by atoms with E-state index in [9.17, 15) is 4.79 Å². The summed E-state index contributed by atoms with van der Waals surface area (Å²) in [5.74, 6) is -0.0793. The molecule has 0 aliphatic carbocycles. The van der Waals surface area contributed by atoms with Gasteiger partial charge in [0.15, 0.2) is 0 Å². The highest BCUT2D eigenvalue weighted by atomic mass is 16.5. The van der Waals surface area contributed by atoms with Crippen LogP contribution in [0.3, 0.4) is 0 Å². The minimum Gasteiger partial charge on any atom is -0.465 e. The molecule has 1 unspecified atom stereocenters. The van der Waals surface area contributed by atoms with Gasteiger partial charge in [0, 0.05) is 18.6 Å². The summed E-state index contributed by atoms with van der Waals surface area (Å²) in [7, 11) is 0. The van der Waals surface area contributed by atoms with Gasteiger partial charge in [0.05, 0.1) is 12.5 Å². The zero-order valence-electron chi connectivity index (χ0n) is 7.49. The molecule has 2 N–H and O–H groups in total. The van der Waals surface area contributed by atoms with Gasteiger partial charge in [0.1, 0.15) is 12.2 Å². The molecular weight excluding hydrogens is 184 g/mol. The maximum absolute atomic E-state index is 11.1. The maximum Gasteiger partial charge on any atom is 0.314 e. The van der Waals surface area contributed by atoms with Crippen molar-refractivity contribution in [3.8, 4) is 0 Å². The molecule has 0 saturated carbocycles. The van der Waals surface area contributed by atoms with E-state index in [1.807, 2.05) is 0 Å². The third-order valence-corrected chi connectivity index (χ3v) is 2.18. The summed E-state index contributed by atoms with van der Waals surface area (Å²) in [5.41, 5.74) is 0.337. The summed E-state index contributed by atoms with van der Waals surface area (Å²) in [5, 5.41) is 14.0. The Labute approximate surface area is 80.2 Å². The van der Waals surface area contributed by atoms with Crippen LogP contribution in [0.2, 0.25) is 0 Å². The van der Waals surface area contributed by atoms with Crippen molar-refractivity contribution in [2.45, 2.75) is 12.8 Å². The number of aromatic amines is 1. The van der Waals surface area contributed by atoms with Gasteiger partial charge in [-0.3, -0.25) is 9.89 Å². The Bertz CT molecular complexity index is 346. The molecule has 1 saturated heterocycles. The average Bonchev–Trinajstić information content (AvgIpc) is 2.75. The number of ether oxygens (including phenoxy) is 1. The molecule has 14 heavy (non-hydrogen) atoms. The number of carbonyl (C=O) groups is 1. The summed E-state index contributed by atoms with van der Waals surface area (Å²) in [6, 6.07) is 0.